The molecule has 1 unspecified atom stereocenters. The molecule has 0 spiro atoms. The summed E-state index contributed by atoms with van der Waals surface area (Å²) in [6.45, 7) is 0. The van der Waals surface area contributed by atoms with Crippen molar-refractivity contribution in [3.05, 3.63) is 29.8 Å². The Kier molecular flexibility index (Phi) is 3.79. The molecular formula is C9H10O4S. The van der Waals surface area contributed by atoms with Crippen molar-refractivity contribution in [2.75, 3.05) is 14.2 Å². The Morgan fingerprint density at radius 2 is 1.93 bits per heavy atom. The first-order chi connectivity index (χ1) is 6.70. The molecule has 1 aromatic carbocycles. The van der Waals surface area contributed by atoms with Crippen LogP contribution in [0.3, 0.4) is 0 Å². The van der Waals surface area contributed by atoms with E-state index in [1.54, 1.807) is 18.2 Å². The monoisotopic (exact) mass is 214 g/mol. The zero-order valence-corrected chi connectivity index (χ0v) is 8.67. The molecule has 1 atom stereocenters. The number of carbonyl (C=O) groups excluding carboxylic acids is 1. The molecule has 0 fully saturated rings. The number of hydrogen-bond acceptors (Lipinski definition) is 4. The first-order valence-corrected chi connectivity index (χ1v) is 4.91. The lowest BCUT2D eigenvalue weighted by Crippen LogP contribution is -2.07. The van der Waals surface area contributed by atoms with Crippen molar-refractivity contribution < 1.29 is 17.9 Å². The van der Waals surface area contributed by atoms with Gasteiger partial charge in [-0.15, -0.1) is 0 Å². The van der Waals surface area contributed by atoms with Gasteiger partial charge in [0.1, 0.15) is 0 Å². The summed E-state index contributed by atoms with van der Waals surface area (Å²) in [6, 6.07) is 6.45. The van der Waals surface area contributed by atoms with Crippen LogP contribution in [0.15, 0.2) is 29.2 Å². The van der Waals surface area contributed by atoms with Crippen LogP contribution in [0.5, 0.6) is 0 Å². The van der Waals surface area contributed by atoms with Crippen molar-refractivity contribution in [3.63, 3.8) is 0 Å². The Hall–Kier alpha value is -1.20. The van der Waals surface area contributed by atoms with E-state index in [4.69, 9.17) is 0 Å². The maximum atomic E-state index is 11.3. The second-order valence-corrected chi connectivity index (χ2v) is 3.63. The Morgan fingerprint density at radius 3 is 2.50 bits per heavy atom. The zero-order chi connectivity index (χ0) is 10.6. The summed E-state index contributed by atoms with van der Waals surface area (Å²) in [4.78, 5) is 11.6. The number of methoxy groups -OCH3 is 1. The lowest BCUT2D eigenvalue weighted by atomic mass is 10.2. The molecule has 0 aliphatic carbocycles. The van der Waals surface area contributed by atoms with E-state index in [0.717, 1.165) is 0 Å². The Morgan fingerprint density at radius 1 is 1.29 bits per heavy atom. The number of rotatable bonds is 3. The van der Waals surface area contributed by atoms with Crippen molar-refractivity contribution in [1.29, 1.82) is 0 Å². The standard InChI is InChI=1S/C9H10O4S/c1-12-9(10)7-5-3-4-6-8(7)14(11)13-2/h3-6H,1-2H3. The van der Waals surface area contributed by atoms with Gasteiger partial charge in [-0.25, -0.2) is 9.00 Å². The van der Waals surface area contributed by atoms with Gasteiger partial charge in [-0.1, -0.05) is 12.1 Å². The molecule has 0 saturated carbocycles. The number of benzene rings is 1. The summed E-state index contributed by atoms with van der Waals surface area (Å²) in [5, 5.41) is 0. The largest absolute Gasteiger partial charge is 0.465 e. The van der Waals surface area contributed by atoms with Crippen LogP contribution in [-0.4, -0.2) is 24.4 Å². The van der Waals surface area contributed by atoms with Gasteiger partial charge in [0.15, 0.2) is 11.1 Å². The lowest BCUT2D eigenvalue weighted by Gasteiger charge is -2.04. The van der Waals surface area contributed by atoms with Crippen molar-refractivity contribution in [2.45, 2.75) is 4.90 Å². The van der Waals surface area contributed by atoms with Crippen LogP contribution in [0.25, 0.3) is 0 Å². The van der Waals surface area contributed by atoms with Gasteiger partial charge in [0.25, 0.3) is 0 Å². The fourth-order valence-corrected chi connectivity index (χ4v) is 1.68. The van der Waals surface area contributed by atoms with E-state index in [0.29, 0.717) is 4.90 Å². The van der Waals surface area contributed by atoms with Crippen molar-refractivity contribution in [1.82, 2.24) is 0 Å². The molecule has 1 rings (SSSR count). The highest BCUT2D eigenvalue weighted by Crippen LogP contribution is 2.14. The van der Waals surface area contributed by atoms with Crippen LogP contribution in [0, 0.1) is 0 Å². The Balaban J connectivity index is 3.15. The van der Waals surface area contributed by atoms with Crippen molar-refractivity contribution in [3.8, 4) is 0 Å². The molecule has 0 saturated heterocycles. The van der Waals surface area contributed by atoms with Crippen LogP contribution in [0.4, 0.5) is 0 Å². The minimum Gasteiger partial charge on any atom is -0.465 e. The van der Waals surface area contributed by atoms with E-state index >= 15 is 0 Å². The van der Waals surface area contributed by atoms with Gasteiger partial charge in [-0.05, 0) is 12.1 Å². The third-order valence-corrected chi connectivity index (χ3v) is 2.64. The first-order valence-electron chi connectivity index (χ1n) is 3.84. The SMILES string of the molecule is COC(=O)c1ccccc1S(=O)OC. The second-order valence-electron chi connectivity index (χ2n) is 2.39. The van der Waals surface area contributed by atoms with E-state index in [-0.39, 0.29) is 5.56 Å². The summed E-state index contributed by atoms with van der Waals surface area (Å²) in [5.74, 6) is -0.522. The van der Waals surface area contributed by atoms with Crippen LogP contribution in [0.2, 0.25) is 0 Å². The molecule has 0 amide bonds. The molecule has 14 heavy (non-hydrogen) atoms. The fraction of sp³-hybridized carbons (Fsp3) is 0.222. The topological polar surface area (TPSA) is 52.6 Å². The summed E-state index contributed by atoms with van der Waals surface area (Å²) >= 11 is -1.62. The summed E-state index contributed by atoms with van der Waals surface area (Å²) < 4.78 is 20.5. The highest BCUT2D eigenvalue weighted by Gasteiger charge is 2.15. The Bertz CT molecular complexity index is 327. The molecule has 0 radical (unpaired) electrons. The van der Waals surface area contributed by atoms with Gasteiger partial charge in [0.2, 0.25) is 0 Å². The number of esters is 1. The van der Waals surface area contributed by atoms with E-state index in [1.165, 1.54) is 20.3 Å². The van der Waals surface area contributed by atoms with Crippen LogP contribution in [0.1, 0.15) is 10.4 Å². The van der Waals surface area contributed by atoms with Crippen LogP contribution < -0.4 is 0 Å². The Labute approximate surface area is 84.5 Å². The molecule has 76 valence electrons. The highest BCUT2D eigenvalue weighted by molar-refractivity contribution is 7.80. The molecule has 0 N–H and O–H groups in total. The number of carbonyl (C=O) groups is 1. The van der Waals surface area contributed by atoms with Crippen LogP contribution >= 0.6 is 0 Å². The molecule has 4 nitrogen and oxygen atoms in total. The minimum absolute atomic E-state index is 0.259. The number of ether oxygens (including phenoxy) is 1. The lowest BCUT2D eigenvalue weighted by molar-refractivity contribution is 0.0596. The van der Waals surface area contributed by atoms with Gasteiger partial charge in [-0.2, -0.15) is 0 Å². The molecule has 0 aliphatic heterocycles. The van der Waals surface area contributed by atoms with Crippen molar-refractivity contribution in [2.24, 2.45) is 0 Å². The first kappa shape index (κ1) is 10.9. The van der Waals surface area contributed by atoms with E-state index < -0.39 is 17.0 Å². The third-order valence-electron chi connectivity index (χ3n) is 1.62. The molecule has 0 bridgehead atoms. The second kappa shape index (κ2) is 4.88. The quantitative estimate of drug-likeness (QED) is 0.708. The summed E-state index contributed by atoms with van der Waals surface area (Å²) in [6.07, 6.45) is 0. The van der Waals surface area contributed by atoms with Gasteiger partial charge in [0, 0.05) is 0 Å². The molecule has 0 heterocycles. The van der Waals surface area contributed by atoms with Gasteiger partial charge in [-0.3, -0.25) is 4.18 Å². The molecule has 0 aromatic heterocycles. The van der Waals surface area contributed by atoms with E-state index in [1.807, 2.05) is 0 Å². The van der Waals surface area contributed by atoms with E-state index in [9.17, 15) is 9.00 Å². The van der Waals surface area contributed by atoms with Crippen molar-refractivity contribution >= 4 is 17.0 Å². The maximum absolute atomic E-state index is 11.3. The summed E-state index contributed by atoms with van der Waals surface area (Å²) in [5.41, 5.74) is 0.259. The zero-order valence-electron chi connectivity index (χ0n) is 7.85. The average Bonchev–Trinajstić information content (AvgIpc) is 2.27. The predicted molar refractivity (Wildman–Crippen MR) is 51.2 cm³/mol. The maximum Gasteiger partial charge on any atom is 0.339 e. The molecule has 5 heteroatoms. The molecule has 1 aromatic rings. The van der Waals surface area contributed by atoms with Crippen LogP contribution in [-0.2, 0) is 20.0 Å². The third kappa shape index (κ3) is 2.18. The fourth-order valence-electron chi connectivity index (χ4n) is 0.980. The number of hydrogen-bond donors (Lipinski definition) is 0. The molecule has 0 aliphatic rings. The predicted octanol–water partition coefficient (Wildman–Crippen LogP) is 1.14. The smallest absolute Gasteiger partial charge is 0.339 e. The molecular weight excluding hydrogens is 204 g/mol. The minimum atomic E-state index is -1.62. The van der Waals surface area contributed by atoms with Gasteiger partial charge in [0.05, 0.1) is 24.7 Å². The normalized spacial score (nSPS) is 12.1. The average molecular weight is 214 g/mol. The summed E-state index contributed by atoms with van der Waals surface area (Å²) in [7, 11) is 2.58. The van der Waals surface area contributed by atoms with Gasteiger partial charge >= 0.3 is 5.97 Å². The van der Waals surface area contributed by atoms with Gasteiger partial charge < -0.3 is 4.74 Å². The highest BCUT2D eigenvalue weighted by atomic mass is 32.2. The van der Waals surface area contributed by atoms with E-state index in [2.05, 4.69) is 8.92 Å².